The van der Waals surface area contributed by atoms with Crippen LogP contribution in [0.3, 0.4) is 0 Å². The van der Waals surface area contributed by atoms with Crippen molar-refractivity contribution in [2.45, 2.75) is 36.6 Å². The van der Waals surface area contributed by atoms with Crippen LogP contribution in [0.2, 0.25) is 0 Å². The van der Waals surface area contributed by atoms with Crippen molar-refractivity contribution in [3.63, 3.8) is 0 Å². The lowest BCUT2D eigenvalue weighted by molar-refractivity contribution is 0.474. The van der Waals surface area contributed by atoms with Gasteiger partial charge in [-0.2, -0.15) is 0 Å². The van der Waals surface area contributed by atoms with E-state index in [9.17, 15) is 5.11 Å². The van der Waals surface area contributed by atoms with Crippen LogP contribution in [0.1, 0.15) is 25.7 Å². The monoisotopic (exact) mass is 237 g/mol. The van der Waals surface area contributed by atoms with Crippen molar-refractivity contribution in [3.8, 4) is 5.75 Å². The molecule has 3 heteroatoms. The van der Waals surface area contributed by atoms with E-state index in [1.807, 2.05) is 23.9 Å². The van der Waals surface area contributed by atoms with Crippen LogP contribution >= 0.6 is 11.8 Å². The van der Waals surface area contributed by atoms with E-state index in [1.54, 1.807) is 6.07 Å². The first-order valence-electron chi connectivity index (χ1n) is 6.00. The molecule has 1 unspecified atom stereocenters. The number of thioether (sulfide) groups is 1. The van der Waals surface area contributed by atoms with E-state index < -0.39 is 0 Å². The molecular formula is C13H19NOS. The van der Waals surface area contributed by atoms with Crippen molar-refractivity contribution < 1.29 is 5.11 Å². The lowest BCUT2D eigenvalue weighted by Crippen LogP contribution is -2.20. The molecule has 16 heavy (non-hydrogen) atoms. The average molecular weight is 237 g/mol. The fourth-order valence-electron chi connectivity index (χ4n) is 2.10. The third kappa shape index (κ3) is 3.72. The summed E-state index contributed by atoms with van der Waals surface area (Å²) in [5, 5.41) is 12.8. The van der Waals surface area contributed by atoms with Crippen LogP contribution < -0.4 is 5.32 Å². The van der Waals surface area contributed by atoms with Crippen LogP contribution in [0, 0.1) is 0 Å². The molecule has 2 N–H and O–H groups in total. The summed E-state index contributed by atoms with van der Waals surface area (Å²) in [5.74, 6) is 1.50. The van der Waals surface area contributed by atoms with Crippen molar-refractivity contribution in [3.05, 3.63) is 24.3 Å². The number of nitrogens with one attached hydrogen (secondary N) is 1. The van der Waals surface area contributed by atoms with Gasteiger partial charge in [-0.05, 0) is 56.2 Å². The molecule has 1 aromatic carbocycles. The van der Waals surface area contributed by atoms with Gasteiger partial charge in [0.25, 0.3) is 0 Å². The Hall–Kier alpha value is -0.670. The Kier molecular flexibility index (Phi) is 4.55. The molecule has 1 aliphatic rings. The number of rotatable bonds is 5. The van der Waals surface area contributed by atoms with Crippen molar-refractivity contribution in [1.29, 1.82) is 0 Å². The maximum Gasteiger partial charge on any atom is 0.116 e. The Morgan fingerprint density at radius 3 is 3.12 bits per heavy atom. The van der Waals surface area contributed by atoms with E-state index in [2.05, 4.69) is 11.4 Å². The molecule has 1 atom stereocenters. The maximum atomic E-state index is 9.32. The van der Waals surface area contributed by atoms with Crippen LogP contribution in [-0.2, 0) is 0 Å². The maximum absolute atomic E-state index is 9.32. The van der Waals surface area contributed by atoms with Gasteiger partial charge in [-0.1, -0.05) is 6.07 Å². The van der Waals surface area contributed by atoms with Gasteiger partial charge in [0.15, 0.2) is 0 Å². The SMILES string of the molecule is Oc1cccc(SCCCC2CCCN2)c1. The second-order valence-corrected chi connectivity index (χ2v) is 5.45. The molecule has 1 saturated heterocycles. The van der Waals surface area contributed by atoms with Crippen molar-refractivity contribution in [1.82, 2.24) is 5.32 Å². The molecule has 0 bridgehead atoms. The minimum atomic E-state index is 0.363. The third-order valence-electron chi connectivity index (χ3n) is 2.95. The van der Waals surface area contributed by atoms with Gasteiger partial charge in [-0.15, -0.1) is 11.8 Å². The summed E-state index contributed by atoms with van der Waals surface area (Å²) in [6.45, 7) is 1.20. The Bertz CT molecular complexity index is 323. The highest BCUT2D eigenvalue weighted by atomic mass is 32.2. The summed E-state index contributed by atoms with van der Waals surface area (Å²) in [5.41, 5.74) is 0. The van der Waals surface area contributed by atoms with Gasteiger partial charge in [0.05, 0.1) is 0 Å². The molecule has 2 rings (SSSR count). The number of benzene rings is 1. The highest BCUT2D eigenvalue weighted by Gasteiger charge is 2.12. The van der Waals surface area contributed by atoms with E-state index in [-0.39, 0.29) is 0 Å². The van der Waals surface area contributed by atoms with Gasteiger partial charge >= 0.3 is 0 Å². The van der Waals surface area contributed by atoms with Gasteiger partial charge in [0, 0.05) is 10.9 Å². The Morgan fingerprint density at radius 2 is 2.38 bits per heavy atom. The molecule has 0 amide bonds. The summed E-state index contributed by atoms with van der Waals surface area (Å²) in [4.78, 5) is 1.17. The lowest BCUT2D eigenvalue weighted by Gasteiger charge is -2.09. The fraction of sp³-hybridized carbons (Fsp3) is 0.538. The Balaban J connectivity index is 1.64. The first-order valence-corrected chi connectivity index (χ1v) is 6.98. The summed E-state index contributed by atoms with van der Waals surface area (Å²) in [6.07, 6.45) is 5.21. The largest absolute Gasteiger partial charge is 0.508 e. The third-order valence-corrected chi connectivity index (χ3v) is 4.03. The zero-order valence-electron chi connectivity index (χ0n) is 9.48. The van der Waals surface area contributed by atoms with E-state index in [0.717, 1.165) is 11.8 Å². The Morgan fingerprint density at radius 1 is 1.44 bits per heavy atom. The fourth-order valence-corrected chi connectivity index (χ4v) is 3.02. The van der Waals surface area contributed by atoms with Gasteiger partial charge in [-0.3, -0.25) is 0 Å². The zero-order chi connectivity index (χ0) is 11.2. The highest BCUT2D eigenvalue weighted by Crippen LogP contribution is 2.23. The van der Waals surface area contributed by atoms with Gasteiger partial charge in [0.1, 0.15) is 5.75 Å². The van der Waals surface area contributed by atoms with Crippen LogP contribution in [0.4, 0.5) is 0 Å². The number of phenols is 1. The van der Waals surface area contributed by atoms with Crippen molar-refractivity contribution >= 4 is 11.8 Å². The first kappa shape index (κ1) is 11.8. The summed E-state index contributed by atoms with van der Waals surface area (Å²) in [7, 11) is 0. The molecule has 1 aliphatic heterocycles. The van der Waals surface area contributed by atoms with E-state index in [4.69, 9.17) is 0 Å². The zero-order valence-corrected chi connectivity index (χ0v) is 10.3. The van der Waals surface area contributed by atoms with Crippen LogP contribution in [0.5, 0.6) is 5.75 Å². The molecule has 0 saturated carbocycles. The summed E-state index contributed by atoms with van der Waals surface area (Å²) in [6, 6.07) is 8.25. The first-order chi connectivity index (χ1) is 7.84. The van der Waals surface area contributed by atoms with Gasteiger partial charge < -0.3 is 10.4 Å². The molecule has 0 aliphatic carbocycles. The van der Waals surface area contributed by atoms with E-state index in [1.165, 1.54) is 37.1 Å². The second kappa shape index (κ2) is 6.16. The molecule has 0 radical (unpaired) electrons. The average Bonchev–Trinajstić information content (AvgIpc) is 2.77. The van der Waals surface area contributed by atoms with Crippen molar-refractivity contribution in [2.75, 3.05) is 12.3 Å². The molecule has 0 aromatic heterocycles. The van der Waals surface area contributed by atoms with Crippen molar-refractivity contribution in [2.24, 2.45) is 0 Å². The van der Waals surface area contributed by atoms with Crippen LogP contribution in [-0.4, -0.2) is 23.4 Å². The molecular weight excluding hydrogens is 218 g/mol. The number of phenolic OH excluding ortho intramolecular Hbond substituents is 1. The molecule has 1 heterocycles. The molecule has 0 spiro atoms. The minimum absolute atomic E-state index is 0.363. The summed E-state index contributed by atoms with van der Waals surface area (Å²) < 4.78 is 0. The van der Waals surface area contributed by atoms with Crippen LogP contribution in [0.25, 0.3) is 0 Å². The molecule has 88 valence electrons. The van der Waals surface area contributed by atoms with E-state index in [0.29, 0.717) is 5.75 Å². The normalized spacial score (nSPS) is 20.1. The summed E-state index contributed by atoms with van der Waals surface area (Å²) >= 11 is 1.83. The lowest BCUT2D eigenvalue weighted by atomic mass is 10.1. The predicted molar refractivity (Wildman–Crippen MR) is 69.1 cm³/mol. The molecule has 2 nitrogen and oxygen atoms in total. The minimum Gasteiger partial charge on any atom is -0.508 e. The van der Waals surface area contributed by atoms with Gasteiger partial charge in [-0.25, -0.2) is 0 Å². The Labute approximate surface area is 101 Å². The smallest absolute Gasteiger partial charge is 0.116 e. The number of hydrogen-bond donors (Lipinski definition) is 2. The quantitative estimate of drug-likeness (QED) is 0.610. The predicted octanol–water partition coefficient (Wildman–Crippen LogP) is 3.02. The number of aromatic hydroxyl groups is 1. The molecule has 1 fully saturated rings. The second-order valence-electron chi connectivity index (χ2n) is 4.28. The van der Waals surface area contributed by atoms with Crippen LogP contribution in [0.15, 0.2) is 29.2 Å². The van der Waals surface area contributed by atoms with Gasteiger partial charge in [0.2, 0.25) is 0 Å². The molecule has 1 aromatic rings. The topological polar surface area (TPSA) is 32.3 Å². The van der Waals surface area contributed by atoms with E-state index >= 15 is 0 Å². The number of hydrogen-bond acceptors (Lipinski definition) is 3. The highest BCUT2D eigenvalue weighted by molar-refractivity contribution is 7.99. The standard InChI is InChI=1S/C13H19NOS/c15-12-6-1-7-13(10-12)16-9-3-5-11-4-2-8-14-11/h1,6-7,10-11,14-15H,2-5,8-9H2.